The third kappa shape index (κ3) is 3.59. The number of amides is 2. The first-order valence-electron chi connectivity index (χ1n) is 7.16. The van der Waals surface area contributed by atoms with Crippen LogP contribution in [-0.4, -0.2) is 41.8 Å². The fourth-order valence-electron chi connectivity index (χ4n) is 2.44. The summed E-state index contributed by atoms with van der Waals surface area (Å²) in [7, 11) is 1.68. The molecule has 1 fully saturated rings. The second-order valence-electron chi connectivity index (χ2n) is 5.62. The van der Waals surface area contributed by atoms with Crippen molar-refractivity contribution in [3.8, 4) is 0 Å². The van der Waals surface area contributed by atoms with Crippen molar-refractivity contribution in [2.75, 3.05) is 20.1 Å². The van der Waals surface area contributed by atoms with Gasteiger partial charge in [0.25, 0.3) is 0 Å². The predicted molar refractivity (Wildman–Crippen MR) is 77.9 cm³/mol. The van der Waals surface area contributed by atoms with E-state index in [4.69, 9.17) is 0 Å². The highest BCUT2D eigenvalue weighted by Gasteiger charge is 2.27. The second kappa shape index (κ2) is 6.55. The van der Waals surface area contributed by atoms with Gasteiger partial charge in [-0.05, 0) is 24.3 Å². The number of piperidine rings is 1. The van der Waals surface area contributed by atoms with Crippen molar-refractivity contribution in [2.45, 2.75) is 26.3 Å². The summed E-state index contributed by atoms with van der Waals surface area (Å²) >= 11 is 0. The Morgan fingerprint density at radius 1 is 1.20 bits per heavy atom. The fraction of sp³-hybridized carbons (Fsp3) is 0.500. The highest BCUT2D eigenvalue weighted by Crippen LogP contribution is 2.16. The summed E-state index contributed by atoms with van der Waals surface area (Å²) in [6.07, 6.45) is 1.98. The van der Waals surface area contributed by atoms with Gasteiger partial charge in [0, 0.05) is 26.7 Å². The van der Waals surface area contributed by atoms with Crippen molar-refractivity contribution >= 4 is 11.8 Å². The largest absolute Gasteiger partial charge is 0.334 e. The lowest BCUT2D eigenvalue weighted by Crippen LogP contribution is -2.46. The van der Waals surface area contributed by atoms with E-state index in [1.165, 1.54) is 4.90 Å². The van der Waals surface area contributed by atoms with E-state index in [0.29, 0.717) is 25.6 Å². The molecule has 0 radical (unpaired) electrons. The second-order valence-corrected chi connectivity index (χ2v) is 5.62. The zero-order valence-electron chi connectivity index (χ0n) is 12.2. The number of likely N-dealkylation sites (N-methyl/N-ethyl adjacent to an activating group) is 1. The Kier molecular flexibility index (Phi) is 4.77. The molecule has 1 saturated heterocycles. The van der Waals surface area contributed by atoms with Crippen LogP contribution in [0.1, 0.15) is 25.3 Å². The monoisotopic (exact) mass is 274 g/mol. The molecule has 0 N–H and O–H groups in total. The molecule has 1 heterocycles. The number of nitrogens with zero attached hydrogens (tertiary/aromatic N) is 2. The van der Waals surface area contributed by atoms with E-state index in [1.54, 1.807) is 11.9 Å². The zero-order chi connectivity index (χ0) is 14.5. The summed E-state index contributed by atoms with van der Waals surface area (Å²) in [5.41, 5.74) is 1.03. The highest BCUT2D eigenvalue weighted by atomic mass is 16.2. The number of rotatable bonds is 2. The molecule has 4 nitrogen and oxygen atoms in total. The van der Waals surface area contributed by atoms with Crippen molar-refractivity contribution in [2.24, 2.45) is 5.92 Å². The minimum absolute atomic E-state index is 0.365. The number of carbonyl (C=O) groups is 2. The van der Waals surface area contributed by atoms with Crippen LogP contribution < -0.4 is 0 Å². The minimum Gasteiger partial charge on any atom is -0.334 e. The maximum atomic E-state index is 12.2. The van der Waals surface area contributed by atoms with Gasteiger partial charge in [0.1, 0.15) is 0 Å². The summed E-state index contributed by atoms with van der Waals surface area (Å²) < 4.78 is 0. The van der Waals surface area contributed by atoms with E-state index in [2.05, 4.69) is 6.92 Å². The Hall–Kier alpha value is -1.84. The summed E-state index contributed by atoms with van der Waals surface area (Å²) in [5.74, 6) is -0.130. The van der Waals surface area contributed by atoms with Gasteiger partial charge in [0.15, 0.2) is 0 Å². The number of likely N-dealkylation sites (tertiary alicyclic amines) is 1. The fourth-order valence-corrected chi connectivity index (χ4v) is 2.44. The van der Waals surface area contributed by atoms with E-state index in [-0.39, 0.29) is 5.91 Å². The molecule has 2 rings (SSSR count). The zero-order valence-corrected chi connectivity index (χ0v) is 12.2. The van der Waals surface area contributed by atoms with Crippen LogP contribution >= 0.6 is 0 Å². The van der Waals surface area contributed by atoms with Gasteiger partial charge in [-0.2, -0.15) is 0 Å². The van der Waals surface area contributed by atoms with Gasteiger partial charge in [-0.3, -0.25) is 9.59 Å². The first-order valence-corrected chi connectivity index (χ1v) is 7.16. The van der Waals surface area contributed by atoms with Crippen LogP contribution in [0.3, 0.4) is 0 Å². The minimum atomic E-state index is -0.414. The van der Waals surface area contributed by atoms with Crippen LogP contribution in [-0.2, 0) is 16.1 Å². The van der Waals surface area contributed by atoms with Gasteiger partial charge in [-0.25, -0.2) is 0 Å². The molecule has 0 unspecified atom stereocenters. The third-order valence-electron chi connectivity index (χ3n) is 3.86. The maximum absolute atomic E-state index is 12.2. The molecular formula is C16H22N2O2. The Morgan fingerprint density at radius 3 is 2.40 bits per heavy atom. The maximum Gasteiger partial charge on any atom is 0.312 e. The molecule has 0 bridgehead atoms. The van der Waals surface area contributed by atoms with E-state index < -0.39 is 5.91 Å². The van der Waals surface area contributed by atoms with E-state index in [9.17, 15) is 9.59 Å². The molecule has 108 valence electrons. The lowest BCUT2D eigenvalue weighted by atomic mass is 9.99. The van der Waals surface area contributed by atoms with Crippen molar-refractivity contribution < 1.29 is 9.59 Å². The van der Waals surface area contributed by atoms with Gasteiger partial charge in [0.2, 0.25) is 0 Å². The molecule has 0 aliphatic carbocycles. The smallest absolute Gasteiger partial charge is 0.312 e. The van der Waals surface area contributed by atoms with Crippen molar-refractivity contribution in [1.29, 1.82) is 0 Å². The normalized spacial score (nSPS) is 16.0. The summed E-state index contributed by atoms with van der Waals surface area (Å²) in [6.45, 7) is 4.05. The van der Waals surface area contributed by atoms with Gasteiger partial charge < -0.3 is 9.80 Å². The Bertz CT molecular complexity index is 465. The molecule has 0 aromatic heterocycles. The average molecular weight is 274 g/mol. The molecule has 1 aromatic rings. The van der Waals surface area contributed by atoms with Crippen molar-refractivity contribution in [3.05, 3.63) is 35.9 Å². The van der Waals surface area contributed by atoms with E-state index in [1.807, 2.05) is 30.3 Å². The van der Waals surface area contributed by atoms with E-state index in [0.717, 1.165) is 18.4 Å². The standard InChI is InChI=1S/C16H22N2O2/c1-13-8-10-18(11-9-13)16(20)15(19)17(2)12-14-6-4-3-5-7-14/h3-7,13H,8-12H2,1-2H3. The summed E-state index contributed by atoms with van der Waals surface area (Å²) in [5, 5.41) is 0. The van der Waals surface area contributed by atoms with Crippen molar-refractivity contribution in [1.82, 2.24) is 9.80 Å². The topological polar surface area (TPSA) is 40.6 Å². The lowest BCUT2D eigenvalue weighted by Gasteiger charge is -2.31. The number of benzene rings is 1. The van der Waals surface area contributed by atoms with E-state index >= 15 is 0 Å². The quantitative estimate of drug-likeness (QED) is 0.773. The third-order valence-corrected chi connectivity index (χ3v) is 3.86. The molecular weight excluding hydrogens is 252 g/mol. The molecule has 1 aliphatic rings. The molecule has 2 amide bonds. The van der Waals surface area contributed by atoms with Gasteiger partial charge in [0.05, 0.1) is 0 Å². The predicted octanol–water partition coefficient (Wildman–Crippen LogP) is 1.90. The SMILES string of the molecule is CC1CCN(C(=O)C(=O)N(C)Cc2ccccc2)CC1. The number of hydrogen-bond acceptors (Lipinski definition) is 2. The Morgan fingerprint density at radius 2 is 1.80 bits per heavy atom. The lowest BCUT2D eigenvalue weighted by molar-refractivity contribution is -0.152. The van der Waals surface area contributed by atoms with Gasteiger partial charge >= 0.3 is 11.8 Å². The van der Waals surface area contributed by atoms with Crippen LogP contribution in [0.15, 0.2) is 30.3 Å². The number of hydrogen-bond donors (Lipinski definition) is 0. The van der Waals surface area contributed by atoms with Crippen LogP contribution in [0.25, 0.3) is 0 Å². The molecule has 0 spiro atoms. The highest BCUT2D eigenvalue weighted by molar-refractivity contribution is 6.34. The van der Waals surface area contributed by atoms with Gasteiger partial charge in [-0.15, -0.1) is 0 Å². The molecule has 0 saturated carbocycles. The molecule has 20 heavy (non-hydrogen) atoms. The van der Waals surface area contributed by atoms with Gasteiger partial charge in [-0.1, -0.05) is 37.3 Å². The Labute approximate surface area is 120 Å². The number of carbonyl (C=O) groups excluding carboxylic acids is 2. The molecule has 1 aliphatic heterocycles. The van der Waals surface area contributed by atoms with Crippen molar-refractivity contribution in [3.63, 3.8) is 0 Å². The Balaban J connectivity index is 1.91. The van der Waals surface area contributed by atoms with Crippen LogP contribution in [0, 0.1) is 5.92 Å². The van der Waals surface area contributed by atoms with Crippen LogP contribution in [0.2, 0.25) is 0 Å². The molecule has 0 atom stereocenters. The average Bonchev–Trinajstić information content (AvgIpc) is 2.47. The molecule has 1 aromatic carbocycles. The van der Waals surface area contributed by atoms with Crippen LogP contribution in [0.4, 0.5) is 0 Å². The van der Waals surface area contributed by atoms with Crippen LogP contribution in [0.5, 0.6) is 0 Å². The first-order chi connectivity index (χ1) is 9.58. The summed E-state index contributed by atoms with van der Waals surface area (Å²) in [6, 6.07) is 9.71. The molecule has 4 heteroatoms. The first kappa shape index (κ1) is 14.6. The summed E-state index contributed by atoms with van der Waals surface area (Å²) in [4.78, 5) is 27.5.